The second-order valence-electron chi connectivity index (χ2n) is 8.85. The molecular weight excluding hydrogens is 371 g/mol. The minimum absolute atomic E-state index is 0.364. The van der Waals surface area contributed by atoms with Gasteiger partial charge in [0.05, 0.1) is 16.9 Å². The topological polar surface area (TPSA) is 53.4 Å². The molecule has 5 rings (SSSR count). The molecular formula is C23H23FN2O3. The molecule has 0 bridgehead atoms. The third-order valence-electron chi connectivity index (χ3n) is 5.64. The monoisotopic (exact) mass is 394 g/mol. The normalized spacial score (nSPS) is 17.1. The standard InChI is InChI=1S/C23H23FN2O3/c1-22(2,3)29-21(27)18-15-7-6-12-25-20(15)26-16-13-14(24)8-9-17(16)28-23(19(18)26)10-4-5-11-23/h6-9,12-13H,4-5,10-11H2,1-3H3. The first kappa shape index (κ1) is 18.2. The summed E-state index contributed by atoms with van der Waals surface area (Å²) in [7, 11) is 0. The van der Waals surface area contributed by atoms with E-state index in [1.165, 1.54) is 12.1 Å². The van der Waals surface area contributed by atoms with Crippen molar-refractivity contribution in [2.75, 3.05) is 0 Å². The number of carbonyl (C=O) groups excluding carboxylic acids is 1. The predicted molar refractivity (Wildman–Crippen MR) is 107 cm³/mol. The van der Waals surface area contributed by atoms with Crippen molar-refractivity contribution < 1.29 is 18.7 Å². The van der Waals surface area contributed by atoms with Crippen molar-refractivity contribution in [1.82, 2.24) is 9.55 Å². The van der Waals surface area contributed by atoms with Crippen LogP contribution in [-0.2, 0) is 10.3 Å². The van der Waals surface area contributed by atoms with E-state index >= 15 is 0 Å². The maximum Gasteiger partial charge on any atom is 0.341 e. The van der Waals surface area contributed by atoms with E-state index in [2.05, 4.69) is 4.98 Å². The van der Waals surface area contributed by atoms with Crippen LogP contribution in [0.5, 0.6) is 5.75 Å². The molecule has 1 aliphatic carbocycles. The molecule has 0 radical (unpaired) electrons. The van der Waals surface area contributed by atoms with E-state index < -0.39 is 17.2 Å². The Hall–Kier alpha value is -2.89. The molecule has 1 aromatic carbocycles. The highest BCUT2D eigenvalue weighted by molar-refractivity contribution is 6.06. The maximum atomic E-state index is 14.2. The molecule has 5 nitrogen and oxygen atoms in total. The van der Waals surface area contributed by atoms with Gasteiger partial charge in [-0.05, 0) is 70.7 Å². The Balaban J connectivity index is 1.87. The highest BCUT2D eigenvalue weighted by Crippen LogP contribution is 2.52. The van der Waals surface area contributed by atoms with Crippen LogP contribution in [0.2, 0.25) is 0 Å². The fourth-order valence-corrected chi connectivity index (χ4v) is 4.61. The molecule has 150 valence electrons. The third-order valence-corrected chi connectivity index (χ3v) is 5.64. The van der Waals surface area contributed by atoms with E-state index in [4.69, 9.17) is 9.47 Å². The lowest BCUT2D eigenvalue weighted by atomic mass is 9.91. The molecule has 0 N–H and O–H groups in total. The molecule has 3 aromatic rings. The van der Waals surface area contributed by atoms with Gasteiger partial charge in [0, 0.05) is 17.6 Å². The van der Waals surface area contributed by atoms with Gasteiger partial charge in [-0.25, -0.2) is 14.2 Å². The van der Waals surface area contributed by atoms with E-state index in [9.17, 15) is 9.18 Å². The molecule has 3 heterocycles. The van der Waals surface area contributed by atoms with Gasteiger partial charge in [0.15, 0.2) is 5.60 Å². The van der Waals surface area contributed by atoms with Crippen molar-refractivity contribution in [3.05, 3.63) is 53.6 Å². The summed E-state index contributed by atoms with van der Waals surface area (Å²) in [5.41, 5.74) is 1.11. The first-order valence-electron chi connectivity index (χ1n) is 10.0. The number of halogens is 1. The Morgan fingerprint density at radius 3 is 2.72 bits per heavy atom. The molecule has 1 spiro atoms. The van der Waals surface area contributed by atoms with Crippen molar-refractivity contribution in [2.45, 2.75) is 57.7 Å². The number of aromatic nitrogens is 2. The lowest BCUT2D eigenvalue weighted by Crippen LogP contribution is -2.38. The van der Waals surface area contributed by atoms with E-state index in [0.29, 0.717) is 28.0 Å². The van der Waals surface area contributed by atoms with Crippen molar-refractivity contribution in [3.8, 4) is 11.4 Å². The van der Waals surface area contributed by atoms with Crippen LogP contribution in [0.4, 0.5) is 4.39 Å². The first-order valence-corrected chi connectivity index (χ1v) is 10.0. The lowest BCUT2D eigenvalue weighted by molar-refractivity contribution is 0.00512. The Morgan fingerprint density at radius 1 is 1.24 bits per heavy atom. The Kier molecular flexibility index (Phi) is 3.79. The minimum atomic E-state index is -0.641. The quantitative estimate of drug-likeness (QED) is 0.527. The van der Waals surface area contributed by atoms with Crippen LogP contribution >= 0.6 is 0 Å². The average Bonchev–Trinajstić information content (AvgIpc) is 3.25. The van der Waals surface area contributed by atoms with Gasteiger partial charge in [0.25, 0.3) is 0 Å². The molecule has 0 amide bonds. The van der Waals surface area contributed by atoms with Crippen molar-refractivity contribution in [3.63, 3.8) is 0 Å². The number of rotatable bonds is 1. The number of hydrogen-bond donors (Lipinski definition) is 0. The Labute approximate surface area is 168 Å². The zero-order chi connectivity index (χ0) is 20.4. The summed E-state index contributed by atoms with van der Waals surface area (Å²) in [5, 5.41) is 0.698. The zero-order valence-corrected chi connectivity index (χ0v) is 16.8. The average molecular weight is 394 g/mol. The van der Waals surface area contributed by atoms with E-state index in [1.54, 1.807) is 18.3 Å². The van der Waals surface area contributed by atoms with Crippen molar-refractivity contribution >= 4 is 17.0 Å². The van der Waals surface area contributed by atoms with Gasteiger partial charge in [-0.15, -0.1) is 0 Å². The summed E-state index contributed by atoms with van der Waals surface area (Å²) in [6.07, 6.45) is 5.26. The van der Waals surface area contributed by atoms with Gasteiger partial charge in [-0.2, -0.15) is 0 Å². The molecule has 1 aliphatic heterocycles. The van der Waals surface area contributed by atoms with Crippen LogP contribution < -0.4 is 4.74 Å². The molecule has 0 unspecified atom stereocenters. The second kappa shape index (κ2) is 6.05. The van der Waals surface area contributed by atoms with Crippen molar-refractivity contribution in [1.29, 1.82) is 0 Å². The third kappa shape index (κ3) is 2.73. The van der Waals surface area contributed by atoms with Crippen LogP contribution in [0.25, 0.3) is 16.7 Å². The molecule has 1 fully saturated rings. The molecule has 6 heteroatoms. The van der Waals surface area contributed by atoms with Gasteiger partial charge in [0.2, 0.25) is 0 Å². The van der Waals surface area contributed by atoms with Crippen LogP contribution in [-0.4, -0.2) is 21.1 Å². The van der Waals surface area contributed by atoms with Crippen LogP contribution in [0.15, 0.2) is 36.5 Å². The summed E-state index contributed by atoms with van der Waals surface area (Å²) < 4.78 is 28.3. The summed E-state index contributed by atoms with van der Waals surface area (Å²) in [5.74, 6) is -0.157. The molecule has 2 aromatic heterocycles. The van der Waals surface area contributed by atoms with E-state index in [1.807, 2.05) is 31.4 Å². The number of benzene rings is 1. The van der Waals surface area contributed by atoms with Gasteiger partial charge in [0.1, 0.15) is 22.8 Å². The minimum Gasteiger partial charge on any atom is -0.479 e. The highest BCUT2D eigenvalue weighted by atomic mass is 19.1. The summed E-state index contributed by atoms with van der Waals surface area (Å²) in [4.78, 5) is 17.9. The number of fused-ring (bicyclic) bond motifs is 6. The molecule has 0 atom stereocenters. The number of hydrogen-bond acceptors (Lipinski definition) is 4. The number of carbonyl (C=O) groups is 1. The smallest absolute Gasteiger partial charge is 0.341 e. The zero-order valence-electron chi connectivity index (χ0n) is 16.8. The molecule has 2 aliphatic rings. The van der Waals surface area contributed by atoms with E-state index in [-0.39, 0.29) is 5.82 Å². The summed E-state index contributed by atoms with van der Waals surface area (Å²) in [6, 6.07) is 8.18. The summed E-state index contributed by atoms with van der Waals surface area (Å²) >= 11 is 0. The van der Waals surface area contributed by atoms with E-state index in [0.717, 1.165) is 31.4 Å². The van der Waals surface area contributed by atoms with Gasteiger partial charge < -0.3 is 9.47 Å². The van der Waals surface area contributed by atoms with Crippen LogP contribution in [0.3, 0.4) is 0 Å². The van der Waals surface area contributed by atoms with Gasteiger partial charge in [-0.3, -0.25) is 4.57 Å². The van der Waals surface area contributed by atoms with Gasteiger partial charge >= 0.3 is 5.97 Å². The molecule has 0 saturated heterocycles. The second-order valence-corrected chi connectivity index (χ2v) is 8.85. The lowest BCUT2D eigenvalue weighted by Gasteiger charge is -2.37. The first-order chi connectivity index (χ1) is 13.8. The van der Waals surface area contributed by atoms with Gasteiger partial charge in [-0.1, -0.05) is 0 Å². The van der Waals surface area contributed by atoms with Crippen LogP contribution in [0, 0.1) is 5.82 Å². The Bertz CT molecular complexity index is 1140. The fourth-order valence-electron chi connectivity index (χ4n) is 4.61. The summed E-state index contributed by atoms with van der Waals surface area (Å²) in [6.45, 7) is 5.54. The largest absolute Gasteiger partial charge is 0.479 e. The van der Waals surface area contributed by atoms with Crippen LogP contribution in [0.1, 0.15) is 62.5 Å². The highest BCUT2D eigenvalue weighted by Gasteiger charge is 2.48. The molecule has 1 saturated carbocycles. The Morgan fingerprint density at radius 2 is 2.00 bits per heavy atom. The fraction of sp³-hybridized carbons (Fsp3) is 0.391. The number of pyridine rings is 1. The van der Waals surface area contributed by atoms with Crippen molar-refractivity contribution in [2.24, 2.45) is 0 Å². The SMILES string of the molecule is CC(C)(C)OC(=O)c1c2n(c3ncccc13)-c1cc(F)ccc1OC21CCCC1. The number of esters is 1. The molecule has 29 heavy (non-hydrogen) atoms. The number of nitrogens with zero attached hydrogens (tertiary/aromatic N) is 2. The maximum absolute atomic E-state index is 14.2. The predicted octanol–water partition coefficient (Wildman–Crippen LogP) is 5.28. The number of ether oxygens (including phenoxy) is 2.